The first-order valence-electron chi connectivity index (χ1n) is 10.8. The topological polar surface area (TPSA) is 93.6 Å². The van der Waals surface area contributed by atoms with E-state index in [9.17, 15) is 35.6 Å². The molecule has 196 valence electrons. The Morgan fingerprint density at radius 2 is 1.76 bits per heavy atom. The Kier molecular flexibility index (Phi) is 8.01. The average Bonchev–Trinajstić information content (AvgIpc) is 2.85. The minimum atomic E-state index is -4.94. The molecule has 0 saturated heterocycles. The fourth-order valence-corrected chi connectivity index (χ4v) is 4.21. The van der Waals surface area contributed by atoms with Gasteiger partial charge in [0, 0.05) is 41.6 Å². The van der Waals surface area contributed by atoms with Gasteiger partial charge in [-0.25, -0.2) is 12.8 Å². The lowest BCUT2D eigenvalue weighted by molar-refractivity contribution is -0.137. The van der Waals surface area contributed by atoms with Crippen LogP contribution in [0.25, 0.3) is 11.1 Å². The van der Waals surface area contributed by atoms with E-state index in [1.165, 1.54) is 31.6 Å². The zero-order valence-electron chi connectivity index (χ0n) is 20.0. The van der Waals surface area contributed by atoms with Gasteiger partial charge in [0.05, 0.1) is 36.0 Å². The second-order valence-electron chi connectivity index (χ2n) is 8.04. The average molecular weight is 539 g/mol. The van der Waals surface area contributed by atoms with Gasteiger partial charge in [-0.15, -0.1) is 0 Å². The third-order valence-electron chi connectivity index (χ3n) is 5.43. The van der Waals surface area contributed by atoms with Gasteiger partial charge in [-0.3, -0.25) is 19.5 Å². The summed E-state index contributed by atoms with van der Waals surface area (Å²) in [5, 5.41) is 0. The predicted octanol–water partition coefficient (Wildman–Crippen LogP) is 4.94. The molecular weight excluding hydrogens is 516 g/mol. The SMILES string of the molecule is CCC(=O)CN(C(=O)c1cc(C(F)(F)F)cc(S(C)(=O)=O)c1)c1cnccc1-c1ccc(F)cc1OC. The molecule has 0 aliphatic rings. The molecule has 0 N–H and O–H groups in total. The highest BCUT2D eigenvalue weighted by atomic mass is 32.2. The predicted molar refractivity (Wildman–Crippen MR) is 128 cm³/mol. The summed E-state index contributed by atoms with van der Waals surface area (Å²) in [5.74, 6) is -1.99. The highest BCUT2D eigenvalue weighted by Crippen LogP contribution is 2.38. The fourth-order valence-electron chi connectivity index (χ4n) is 3.53. The van der Waals surface area contributed by atoms with E-state index in [2.05, 4.69) is 4.98 Å². The van der Waals surface area contributed by atoms with Crippen LogP contribution < -0.4 is 9.64 Å². The summed E-state index contributed by atoms with van der Waals surface area (Å²) >= 11 is 0. The lowest BCUT2D eigenvalue weighted by Gasteiger charge is -2.25. The van der Waals surface area contributed by atoms with Crippen LogP contribution in [0, 0.1) is 5.82 Å². The van der Waals surface area contributed by atoms with Gasteiger partial charge in [0.1, 0.15) is 11.6 Å². The van der Waals surface area contributed by atoms with Crippen LogP contribution in [-0.2, 0) is 20.8 Å². The fraction of sp³-hybridized carbons (Fsp3) is 0.240. The number of carbonyl (C=O) groups excluding carboxylic acids is 2. The van der Waals surface area contributed by atoms with E-state index >= 15 is 0 Å². The Hall–Kier alpha value is -3.80. The minimum Gasteiger partial charge on any atom is -0.496 e. The lowest BCUT2D eigenvalue weighted by Crippen LogP contribution is -2.36. The van der Waals surface area contributed by atoms with Crippen LogP contribution in [0.3, 0.4) is 0 Å². The van der Waals surface area contributed by atoms with E-state index in [1.807, 2.05) is 0 Å². The molecule has 0 unspecified atom stereocenters. The molecule has 3 aromatic rings. The maximum absolute atomic E-state index is 13.8. The van der Waals surface area contributed by atoms with Crippen molar-refractivity contribution in [3.8, 4) is 16.9 Å². The number of halogens is 4. The van der Waals surface area contributed by atoms with Crippen LogP contribution >= 0.6 is 0 Å². The number of methoxy groups -OCH3 is 1. The molecule has 12 heteroatoms. The Balaban J connectivity index is 2.26. The van der Waals surface area contributed by atoms with E-state index in [0.717, 1.165) is 29.4 Å². The second kappa shape index (κ2) is 10.7. The van der Waals surface area contributed by atoms with E-state index in [4.69, 9.17) is 4.74 Å². The van der Waals surface area contributed by atoms with E-state index in [0.29, 0.717) is 17.7 Å². The summed E-state index contributed by atoms with van der Waals surface area (Å²) in [4.78, 5) is 30.3. The molecular formula is C25H22F4N2O5S. The summed E-state index contributed by atoms with van der Waals surface area (Å²) in [6.45, 7) is 1.01. The van der Waals surface area contributed by atoms with Crippen molar-refractivity contribution in [3.05, 3.63) is 71.8 Å². The molecule has 0 spiro atoms. The molecule has 2 aromatic carbocycles. The van der Waals surface area contributed by atoms with Crippen LogP contribution in [0.1, 0.15) is 29.3 Å². The van der Waals surface area contributed by atoms with E-state index in [1.54, 1.807) is 6.92 Å². The summed E-state index contributed by atoms with van der Waals surface area (Å²) < 4.78 is 83.9. The number of sulfone groups is 1. The summed E-state index contributed by atoms with van der Waals surface area (Å²) in [6.07, 6.45) is -1.62. The molecule has 1 heterocycles. The molecule has 0 radical (unpaired) electrons. The van der Waals surface area contributed by atoms with Crippen molar-refractivity contribution in [1.82, 2.24) is 4.98 Å². The number of rotatable bonds is 8. The third-order valence-corrected chi connectivity index (χ3v) is 6.52. The maximum Gasteiger partial charge on any atom is 0.416 e. The number of hydrogen-bond donors (Lipinski definition) is 0. The Morgan fingerprint density at radius 3 is 2.35 bits per heavy atom. The first-order valence-corrected chi connectivity index (χ1v) is 12.7. The molecule has 0 bridgehead atoms. The number of hydrogen-bond acceptors (Lipinski definition) is 6. The zero-order valence-corrected chi connectivity index (χ0v) is 20.8. The van der Waals surface area contributed by atoms with E-state index in [-0.39, 0.29) is 23.4 Å². The van der Waals surface area contributed by atoms with Crippen LogP contribution in [0.4, 0.5) is 23.2 Å². The smallest absolute Gasteiger partial charge is 0.416 e. The molecule has 0 atom stereocenters. The number of amides is 1. The molecule has 3 rings (SSSR count). The van der Waals surface area contributed by atoms with Gasteiger partial charge >= 0.3 is 6.18 Å². The number of ether oxygens (including phenoxy) is 1. The molecule has 0 fully saturated rings. The standard InChI is InChI=1S/C25H22F4N2O5S/c1-4-18(32)14-31(22-13-30-8-7-20(22)21-6-5-17(26)12-23(21)36-2)24(33)15-9-16(25(27,28)29)11-19(10-15)37(3,34)35/h5-13H,4,14H2,1-3H3. The number of aromatic nitrogens is 1. The van der Waals surface area contributed by atoms with Crippen LogP contribution in [0.2, 0.25) is 0 Å². The molecule has 7 nitrogen and oxygen atoms in total. The minimum absolute atomic E-state index is 0.0103. The van der Waals surface area contributed by atoms with Gasteiger partial charge in [0.2, 0.25) is 0 Å². The van der Waals surface area contributed by atoms with Crippen molar-refractivity contribution < 1.29 is 40.3 Å². The Labute approximate surface area is 210 Å². The van der Waals surface area contributed by atoms with Gasteiger partial charge in [0.25, 0.3) is 5.91 Å². The van der Waals surface area contributed by atoms with Crippen molar-refractivity contribution in [2.24, 2.45) is 0 Å². The molecule has 0 aliphatic heterocycles. The summed E-state index contributed by atoms with van der Waals surface area (Å²) in [6, 6.07) is 6.89. The normalized spacial score (nSPS) is 11.8. The quantitative estimate of drug-likeness (QED) is 0.377. The number of alkyl halides is 3. The largest absolute Gasteiger partial charge is 0.496 e. The molecule has 37 heavy (non-hydrogen) atoms. The first kappa shape index (κ1) is 27.8. The first-order chi connectivity index (χ1) is 17.3. The highest BCUT2D eigenvalue weighted by molar-refractivity contribution is 7.90. The summed E-state index contributed by atoms with van der Waals surface area (Å²) in [5.41, 5.74) is -1.31. The number of pyridine rings is 1. The summed E-state index contributed by atoms with van der Waals surface area (Å²) in [7, 11) is -2.82. The molecule has 0 saturated carbocycles. The Bertz CT molecular complexity index is 1460. The van der Waals surface area contributed by atoms with Crippen molar-refractivity contribution in [3.63, 3.8) is 0 Å². The van der Waals surface area contributed by atoms with Crippen LogP contribution in [-0.4, -0.2) is 45.0 Å². The Morgan fingerprint density at radius 1 is 1.05 bits per heavy atom. The van der Waals surface area contributed by atoms with Crippen molar-refractivity contribution in [2.45, 2.75) is 24.4 Å². The van der Waals surface area contributed by atoms with Gasteiger partial charge in [-0.1, -0.05) is 6.92 Å². The maximum atomic E-state index is 13.8. The monoisotopic (exact) mass is 538 g/mol. The lowest BCUT2D eigenvalue weighted by atomic mass is 10.0. The number of carbonyl (C=O) groups is 2. The third kappa shape index (κ3) is 6.31. The van der Waals surface area contributed by atoms with Crippen molar-refractivity contribution >= 4 is 27.2 Å². The number of anilines is 1. The van der Waals surface area contributed by atoms with Crippen LogP contribution in [0.15, 0.2) is 59.8 Å². The number of Topliss-reactive ketones (excluding diaryl/α,β-unsaturated/α-hetero) is 1. The van der Waals surface area contributed by atoms with Crippen LogP contribution in [0.5, 0.6) is 5.75 Å². The van der Waals surface area contributed by atoms with Gasteiger partial charge < -0.3 is 4.74 Å². The zero-order chi connectivity index (χ0) is 27.5. The number of nitrogens with zero attached hydrogens (tertiary/aromatic N) is 2. The van der Waals surface area contributed by atoms with Gasteiger partial charge in [0.15, 0.2) is 15.6 Å². The van der Waals surface area contributed by atoms with Crippen molar-refractivity contribution in [2.75, 3.05) is 24.8 Å². The molecule has 1 aromatic heterocycles. The number of benzene rings is 2. The van der Waals surface area contributed by atoms with Gasteiger partial charge in [-0.2, -0.15) is 13.2 Å². The van der Waals surface area contributed by atoms with Gasteiger partial charge in [-0.05, 0) is 36.4 Å². The van der Waals surface area contributed by atoms with Crippen molar-refractivity contribution in [1.29, 1.82) is 0 Å². The van der Waals surface area contributed by atoms with E-state index < -0.39 is 56.1 Å². The molecule has 0 aliphatic carbocycles. The second-order valence-corrected chi connectivity index (χ2v) is 10.1. The molecule has 1 amide bonds. The number of ketones is 1. The highest BCUT2D eigenvalue weighted by Gasteiger charge is 2.34.